The zero-order valence-electron chi connectivity index (χ0n) is 36.1. The van der Waals surface area contributed by atoms with Crippen LogP contribution in [0.15, 0.2) is 164 Å². The second kappa shape index (κ2) is 17.8. The van der Waals surface area contributed by atoms with Crippen molar-refractivity contribution in [2.45, 2.75) is 43.9 Å². The average Bonchev–Trinajstić information content (AvgIpc) is 3.85. The van der Waals surface area contributed by atoms with Crippen LogP contribution < -0.4 is 4.40 Å². The number of imidazole rings is 1. The van der Waals surface area contributed by atoms with E-state index in [1.165, 1.54) is 20.7 Å². The van der Waals surface area contributed by atoms with Crippen LogP contribution in [0.25, 0.3) is 81.9 Å². The third-order valence-corrected chi connectivity index (χ3v) is 16.2. The molecule has 4 nitrogen and oxygen atoms in total. The Labute approximate surface area is 380 Å². The summed E-state index contributed by atoms with van der Waals surface area (Å²) in [5.74, 6) is 7.32. The van der Waals surface area contributed by atoms with E-state index in [4.69, 9.17) is 11.3 Å². The van der Waals surface area contributed by atoms with Gasteiger partial charge in [0.05, 0.1) is 16.9 Å². The van der Waals surface area contributed by atoms with Gasteiger partial charge in [0.2, 0.25) is 0 Å². The smallest absolute Gasteiger partial charge is 0 e. The molecule has 0 N–H and O–H groups in total. The Bertz CT molecular complexity index is 3170. The average molecular weight is 1050 g/mol. The van der Waals surface area contributed by atoms with E-state index in [-0.39, 0.29) is 20.1 Å². The van der Waals surface area contributed by atoms with Gasteiger partial charge in [-0.3, -0.25) is 4.98 Å². The molecule has 0 aliphatic rings. The number of para-hydroxylation sites is 2. The first-order chi connectivity index (χ1) is 29.4. The Balaban J connectivity index is 0.000000214. The normalized spacial score (nSPS) is 11.9. The molecule has 10 rings (SSSR count). The molecule has 0 spiro atoms. The molecule has 0 fully saturated rings. The van der Waals surface area contributed by atoms with E-state index in [0.717, 1.165) is 76.8 Å². The van der Waals surface area contributed by atoms with Crippen LogP contribution in [0, 0.1) is 19.1 Å². The van der Waals surface area contributed by atoms with Crippen LogP contribution in [0.2, 0.25) is 17.3 Å². The fourth-order valence-electron chi connectivity index (χ4n) is 7.87. The maximum absolute atomic E-state index is 8.44. The number of aromatic nitrogens is 4. The van der Waals surface area contributed by atoms with Crippen LogP contribution in [0.4, 0.5) is 0 Å². The molecule has 0 saturated carbocycles. The van der Waals surface area contributed by atoms with Crippen LogP contribution in [-0.2, 0) is 20.1 Å². The molecule has 0 bridgehead atoms. The monoisotopic (exact) mass is 1050 g/mol. The van der Waals surface area contributed by atoms with Gasteiger partial charge >= 0.3 is 120 Å². The number of thiophene rings is 1. The molecule has 0 aliphatic carbocycles. The standard InChI is InChI=1S/C37H24N3S.C17H22GeN.Ir/c1-24-19-21-30-29-15-10-16-31(35(29)41-37(30)38-24)36-39-32-17-8-9-18-33(32)40(36)34-23-27(25-11-4-2-5-12-25)20-22-28(34)26-13-6-3-7-14-26;1-13(2)15-11-17(14-9-7-6-8-10-14)19-12-16(15)18(3,4)5;/h2-15,17-23H,1H3;6-9,11-13H,1-5H3;/q2*-1;/i;13D;. The third kappa shape index (κ3) is 8.56. The van der Waals surface area contributed by atoms with E-state index in [0.29, 0.717) is 0 Å². The molecule has 0 amide bonds. The zero-order valence-corrected chi connectivity index (χ0v) is 40.4. The van der Waals surface area contributed by atoms with Gasteiger partial charge in [-0.2, -0.15) is 11.3 Å². The summed E-state index contributed by atoms with van der Waals surface area (Å²) in [6.07, 6.45) is 2.00. The van der Waals surface area contributed by atoms with E-state index >= 15 is 0 Å². The quantitative estimate of drug-likeness (QED) is 0.118. The molecular weight excluding hydrogens is 1000 g/mol. The van der Waals surface area contributed by atoms with E-state index in [2.05, 4.69) is 166 Å². The SMILES string of the molecule is Cc1ccc2c(n1)sc1c(-c3nc4ccccc4n3-c3cc(-c4ccccc4)ccc3-c3ccccc3)[c-]ccc12.[2H]C(C)(C)c1cc(-c2[c-]cccc2)nc[c]1[Ge]([CH3])([CH3])[CH3].[Ir]. The molecule has 7 heteroatoms. The zero-order chi connectivity index (χ0) is 42.3. The summed E-state index contributed by atoms with van der Waals surface area (Å²) in [6.45, 7) is 5.96. The molecule has 61 heavy (non-hydrogen) atoms. The van der Waals surface area contributed by atoms with E-state index < -0.39 is 19.2 Å². The predicted molar refractivity (Wildman–Crippen MR) is 257 cm³/mol. The van der Waals surface area contributed by atoms with Crippen molar-refractivity contribution in [1.29, 1.82) is 0 Å². The van der Waals surface area contributed by atoms with Crippen molar-refractivity contribution >= 4 is 60.3 Å². The fourth-order valence-corrected chi connectivity index (χ4v) is 12.4. The van der Waals surface area contributed by atoms with Crippen LogP contribution in [0.5, 0.6) is 0 Å². The Hall–Kier alpha value is -5.50. The first kappa shape index (κ1) is 40.9. The molecule has 0 unspecified atom stereocenters. The van der Waals surface area contributed by atoms with E-state index in [1.54, 1.807) is 11.3 Å². The van der Waals surface area contributed by atoms with Crippen LogP contribution in [0.3, 0.4) is 0 Å². The number of hydrogen-bond donors (Lipinski definition) is 0. The minimum atomic E-state index is -2.03. The van der Waals surface area contributed by atoms with Gasteiger partial charge in [0, 0.05) is 37.1 Å². The van der Waals surface area contributed by atoms with Crippen molar-refractivity contribution in [2.75, 3.05) is 0 Å². The van der Waals surface area contributed by atoms with Crippen molar-refractivity contribution in [3.8, 4) is 50.6 Å². The topological polar surface area (TPSA) is 43.6 Å². The molecule has 303 valence electrons. The predicted octanol–water partition coefficient (Wildman–Crippen LogP) is 14.1. The van der Waals surface area contributed by atoms with Crippen LogP contribution in [0.1, 0.15) is 32.4 Å². The van der Waals surface area contributed by atoms with Crippen LogP contribution in [-0.4, -0.2) is 32.8 Å². The molecule has 6 aromatic carbocycles. The Morgan fingerprint density at radius 1 is 0.689 bits per heavy atom. The Morgan fingerprint density at radius 3 is 2.13 bits per heavy atom. The van der Waals surface area contributed by atoms with Gasteiger partial charge in [-0.15, -0.1) is 18.2 Å². The molecular formula is C54H46GeIrN4S-2. The maximum atomic E-state index is 8.44. The minimum absolute atomic E-state index is 0. The number of nitrogens with zero attached hydrogens (tertiary/aromatic N) is 4. The molecule has 0 atom stereocenters. The molecule has 1 radical (unpaired) electrons. The van der Waals surface area contributed by atoms with Gasteiger partial charge in [-0.05, 0) is 58.0 Å². The van der Waals surface area contributed by atoms with Gasteiger partial charge in [0.15, 0.2) is 0 Å². The number of rotatable bonds is 7. The maximum Gasteiger partial charge on any atom is 0 e. The second-order valence-corrected chi connectivity index (χ2v) is 27.9. The Morgan fingerprint density at radius 2 is 1.41 bits per heavy atom. The summed E-state index contributed by atoms with van der Waals surface area (Å²) in [7, 11) is 0. The molecule has 4 heterocycles. The Kier molecular flexibility index (Phi) is 12.0. The van der Waals surface area contributed by atoms with Crippen LogP contribution >= 0.6 is 11.3 Å². The molecule has 4 aromatic heterocycles. The van der Waals surface area contributed by atoms with Gasteiger partial charge in [-0.1, -0.05) is 102 Å². The van der Waals surface area contributed by atoms with Crippen molar-refractivity contribution in [2.24, 2.45) is 0 Å². The van der Waals surface area contributed by atoms with Gasteiger partial charge in [-0.25, -0.2) is 4.98 Å². The number of benzene rings is 6. The summed E-state index contributed by atoms with van der Waals surface area (Å²) in [6, 6.07) is 61.5. The minimum Gasteiger partial charge on any atom is 0 e. The fraction of sp³-hybridized carbons (Fsp3) is 0.130. The molecule has 0 saturated heterocycles. The summed E-state index contributed by atoms with van der Waals surface area (Å²) < 4.78 is 13.2. The summed E-state index contributed by atoms with van der Waals surface area (Å²) in [5.41, 5.74) is 12.8. The van der Waals surface area contributed by atoms with Crippen molar-refractivity contribution < 1.29 is 21.5 Å². The van der Waals surface area contributed by atoms with E-state index in [9.17, 15) is 0 Å². The molecule has 0 aliphatic heterocycles. The summed E-state index contributed by atoms with van der Waals surface area (Å²) >= 11 is -0.310. The number of hydrogen-bond acceptors (Lipinski definition) is 4. The number of pyridine rings is 2. The van der Waals surface area contributed by atoms with Gasteiger partial charge in [0.1, 0.15) is 4.83 Å². The molecule has 10 aromatic rings. The van der Waals surface area contributed by atoms with Gasteiger partial charge in [0.25, 0.3) is 0 Å². The number of aryl methyl sites for hydroxylation is 1. The number of fused-ring (bicyclic) bond motifs is 4. The summed E-state index contributed by atoms with van der Waals surface area (Å²) in [5, 5.41) is 2.36. The largest absolute Gasteiger partial charge is 0 e. The van der Waals surface area contributed by atoms with Crippen molar-refractivity contribution in [1.82, 2.24) is 19.5 Å². The van der Waals surface area contributed by atoms with Crippen molar-refractivity contribution in [3.05, 3.63) is 187 Å². The van der Waals surface area contributed by atoms with E-state index in [1.807, 2.05) is 57.3 Å². The van der Waals surface area contributed by atoms with Crippen molar-refractivity contribution in [3.63, 3.8) is 0 Å². The first-order valence-corrected chi connectivity index (χ1v) is 28.5. The van der Waals surface area contributed by atoms with Gasteiger partial charge < -0.3 is 4.57 Å². The third-order valence-electron chi connectivity index (χ3n) is 10.9. The second-order valence-electron chi connectivity index (χ2n) is 16.4. The first-order valence-electron chi connectivity index (χ1n) is 20.9. The summed E-state index contributed by atoms with van der Waals surface area (Å²) in [4.78, 5) is 15.8.